The average Bonchev–Trinajstić information content (AvgIpc) is 2.33. The molecule has 0 aliphatic carbocycles. The van der Waals surface area contributed by atoms with E-state index in [-0.39, 0.29) is 0 Å². The van der Waals surface area contributed by atoms with Crippen molar-refractivity contribution in [2.45, 2.75) is 56.4 Å². The smallest absolute Gasteiger partial charge is 0.373 e. The van der Waals surface area contributed by atoms with Crippen LogP contribution in [0.25, 0.3) is 0 Å². The van der Waals surface area contributed by atoms with Crippen LogP contribution in [0.2, 0.25) is 19.1 Å². The summed E-state index contributed by atoms with van der Waals surface area (Å²) in [5, 5.41) is 0. The first-order valence-electron chi connectivity index (χ1n) is 6.26. The van der Waals surface area contributed by atoms with Crippen LogP contribution < -0.4 is 0 Å². The van der Waals surface area contributed by atoms with E-state index in [2.05, 4.69) is 0 Å². The lowest BCUT2D eigenvalue weighted by Crippen LogP contribution is -2.61. The molecule has 1 amide bonds. The molecule has 0 fully saturated rings. The maximum absolute atomic E-state index is 13.4. The van der Waals surface area contributed by atoms with E-state index in [1.54, 1.807) is 0 Å². The Labute approximate surface area is 127 Å². The second-order valence-corrected chi connectivity index (χ2v) is 10.5. The fraction of sp³-hybridized carbons (Fsp3) is 0.909. The summed E-state index contributed by atoms with van der Waals surface area (Å²) in [6.07, 6.45) is -8.72. The Kier molecular flexibility index (Phi) is 5.92. The molecule has 0 aliphatic heterocycles. The first kappa shape index (κ1) is 22.1. The molecule has 0 heterocycles. The van der Waals surface area contributed by atoms with Crippen LogP contribution in [0.4, 0.5) is 39.5 Å². The minimum Gasteiger partial charge on any atom is -0.373 e. The van der Waals surface area contributed by atoms with Crippen molar-refractivity contribution in [3.05, 3.63) is 0 Å². The van der Waals surface area contributed by atoms with Gasteiger partial charge >= 0.3 is 23.9 Å². The van der Waals surface area contributed by atoms with Gasteiger partial charge in [-0.3, -0.25) is 4.79 Å². The number of hydrogen-bond donors (Lipinski definition) is 0. The third-order valence-electron chi connectivity index (χ3n) is 3.64. The zero-order valence-electron chi connectivity index (χ0n) is 12.7. The molecule has 23 heavy (non-hydrogen) atoms. The SMILES string of the molecule is CC(=O)N(C)[Si](C)(C)CCC(F)(F)C(F)(F)C(F)(F)C(F)(F)F. The lowest BCUT2D eigenvalue weighted by atomic mass is 10.0. The topological polar surface area (TPSA) is 20.3 Å². The molecule has 0 spiro atoms. The average molecular weight is 377 g/mol. The Morgan fingerprint density at radius 2 is 1.30 bits per heavy atom. The molecule has 0 unspecified atom stereocenters. The van der Waals surface area contributed by atoms with Crippen LogP contribution in [-0.2, 0) is 4.79 Å². The highest BCUT2D eigenvalue weighted by atomic mass is 28.3. The number of halogens is 9. The van der Waals surface area contributed by atoms with Crippen molar-refractivity contribution >= 4 is 14.1 Å². The molecule has 0 aromatic heterocycles. The number of nitrogens with zero attached hydrogens (tertiary/aromatic N) is 1. The fourth-order valence-electron chi connectivity index (χ4n) is 1.62. The molecule has 0 aliphatic rings. The summed E-state index contributed by atoms with van der Waals surface area (Å²) in [6.45, 7) is 3.73. The van der Waals surface area contributed by atoms with E-state index >= 15 is 0 Å². The lowest BCUT2D eigenvalue weighted by molar-refractivity contribution is -0.396. The van der Waals surface area contributed by atoms with Crippen molar-refractivity contribution in [2.24, 2.45) is 0 Å². The van der Waals surface area contributed by atoms with E-state index in [9.17, 15) is 44.3 Å². The number of hydrogen-bond acceptors (Lipinski definition) is 1. The summed E-state index contributed by atoms with van der Waals surface area (Å²) in [7, 11) is -1.80. The van der Waals surface area contributed by atoms with Crippen molar-refractivity contribution in [2.75, 3.05) is 7.05 Å². The van der Waals surface area contributed by atoms with Gasteiger partial charge in [0.05, 0.1) is 0 Å². The predicted molar refractivity (Wildman–Crippen MR) is 66.2 cm³/mol. The van der Waals surface area contributed by atoms with Gasteiger partial charge in [-0.15, -0.1) is 0 Å². The van der Waals surface area contributed by atoms with E-state index in [1.165, 1.54) is 20.1 Å². The van der Waals surface area contributed by atoms with Crippen LogP contribution in [0.3, 0.4) is 0 Å². The highest BCUT2D eigenvalue weighted by Crippen LogP contribution is 2.54. The van der Waals surface area contributed by atoms with E-state index in [4.69, 9.17) is 0 Å². The normalized spacial score (nSPS) is 14.8. The predicted octanol–water partition coefficient (Wildman–Crippen LogP) is 4.53. The Balaban J connectivity index is 5.39. The standard InChI is InChI=1S/C11H16F9NOSi/c1-7(22)21(2)23(3,4)6-5-8(12,13)9(14,15)10(16,17)11(18,19)20/h5-6H2,1-4H3. The van der Waals surface area contributed by atoms with Gasteiger partial charge in [0.15, 0.2) is 8.24 Å². The van der Waals surface area contributed by atoms with Crippen LogP contribution in [0.1, 0.15) is 13.3 Å². The van der Waals surface area contributed by atoms with Crippen LogP contribution in [0.15, 0.2) is 0 Å². The largest absolute Gasteiger partial charge is 0.460 e. The molecule has 0 N–H and O–H groups in total. The maximum atomic E-state index is 13.4. The molecular weight excluding hydrogens is 361 g/mol. The molecule has 0 radical (unpaired) electrons. The van der Waals surface area contributed by atoms with Crippen molar-refractivity contribution in [3.8, 4) is 0 Å². The van der Waals surface area contributed by atoms with Gasteiger partial charge in [0, 0.05) is 20.4 Å². The van der Waals surface area contributed by atoms with Crippen molar-refractivity contribution < 1.29 is 44.3 Å². The number of rotatable bonds is 6. The molecule has 12 heteroatoms. The second-order valence-electron chi connectivity index (χ2n) is 5.74. The van der Waals surface area contributed by atoms with Gasteiger partial charge in [0.2, 0.25) is 5.91 Å². The molecule has 0 bridgehead atoms. The minimum absolute atomic E-state index is 0.558. The monoisotopic (exact) mass is 377 g/mol. The molecular formula is C11H16F9NOSi. The third-order valence-corrected chi connectivity index (χ3v) is 7.25. The summed E-state index contributed by atoms with van der Waals surface area (Å²) in [5.41, 5.74) is 0. The van der Waals surface area contributed by atoms with Crippen LogP contribution in [0, 0.1) is 0 Å². The van der Waals surface area contributed by atoms with Gasteiger partial charge < -0.3 is 4.57 Å². The molecule has 138 valence electrons. The van der Waals surface area contributed by atoms with Crippen molar-refractivity contribution in [1.82, 2.24) is 4.57 Å². The molecule has 0 saturated heterocycles. The highest BCUT2D eigenvalue weighted by Gasteiger charge is 2.81. The minimum atomic E-state index is -6.87. The Morgan fingerprint density at radius 3 is 1.61 bits per heavy atom. The van der Waals surface area contributed by atoms with Gasteiger partial charge in [0.1, 0.15) is 0 Å². The number of alkyl halides is 9. The summed E-state index contributed by atoms with van der Waals surface area (Å²) >= 11 is 0. The van der Waals surface area contributed by atoms with Crippen LogP contribution in [-0.4, -0.2) is 49.7 Å². The first-order chi connectivity index (χ1) is 9.81. The van der Waals surface area contributed by atoms with Crippen LogP contribution in [0.5, 0.6) is 0 Å². The zero-order valence-corrected chi connectivity index (χ0v) is 13.7. The van der Waals surface area contributed by atoms with E-state index in [0.29, 0.717) is 0 Å². The van der Waals surface area contributed by atoms with Gasteiger partial charge in [-0.05, 0) is 6.04 Å². The molecule has 0 atom stereocenters. The molecule has 0 aromatic carbocycles. The van der Waals surface area contributed by atoms with Crippen molar-refractivity contribution in [1.29, 1.82) is 0 Å². The highest BCUT2D eigenvalue weighted by molar-refractivity contribution is 6.76. The van der Waals surface area contributed by atoms with Gasteiger partial charge in [0.25, 0.3) is 0 Å². The Morgan fingerprint density at radius 1 is 0.913 bits per heavy atom. The molecule has 0 saturated carbocycles. The second kappa shape index (κ2) is 6.17. The van der Waals surface area contributed by atoms with E-state index < -0.39 is 50.6 Å². The number of carbonyl (C=O) groups is 1. The fourth-order valence-corrected chi connectivity index (χ4v) is 3.74. The Bertz CT molecular complexity index is 447. The lowest BCUT2D eigenvalue weighted by Gasteiger charge is -2.37. The van der Waals surface area contributed by atoms with E-state index in [0.717, 1.165) is 11.5 Å². The zero-order chi connectivity index (χ0) is 19.1. The summed E-state index contributed by atoms with van der Waals surface area (Å²) < 4.78 is 115. The maximum Gasteiger partial charge on any atom is 0.460 e. The van der Waals surface area contributed by atoms with Crippen LogP contribution >= 0.6 is 0 Å². The van der Waals surface area contributed by atoms with Gasteiger partial charge in [-0.1, -0.05) is 13.1 Å². The van der Waals surface area contributed by atoms with Gasteiger partial charge in [-0.25, -0.2) is 0 Å². The molecule has 2 nitrogen and oxygen atoms in total. The first-order valence-corrected chi connectivity index (χ1v) is 9.41. The number of amides is 1. The quantitative estimate of drug-likeness (QED) is 0.492. The summed E-state index contributed by atoms with van der Waals surface area (Å²) in [5.74, 6) is -19.6. The van der Waals surface area contributed by atoms with Crippen molar-refractivity contribution in [3.63, 3.8) is 0 Å². The van der Waals surface area contributed by atoms with E-state index in [1.807, 2.05) is 0 Å². The third kappa shape index (κ3) is 4.12. The summed E-state index contributed by atoms with van der Waals surface area (Å²) in [6, 6.07) is -0.778. The molecule has 0 aromatic rings. The number of carbonyl (C=O) groups excluding carboxylic acids is 1. The Hall–Kier alpha value is -0.943. The summed E-state index contributed by atoms with van der Waals surface area (Å²) in [4.78, 5) is 11.2. The molecule has 0 rings (SSSR count). The van der Waals surface area contributed by atoms with Gasteiger partial charge in [-0.2, -0.15) is 39.5 Å².